The Morgan fingerprint density at radius 1 is 1.17 bits per heavy atom. The Kier molecular flexibility index (Phi) is 8.70. The number of hydrogen-bond donors (Lipinski definition) is 2. The number of rotatable bonds is 9. The van der Waals surface area contributed by atoms with Crippen LogP contribution in [0.1, 0.15) is 30.0 Å². The van der Waals surface area contributed by atoms with E-state index >= 15 is 0 Å². The summed E-state index contributed by atoms with van der Waals surface area (Å²) in [6.45, 7) is 0.215. The molecule has 0 radical (unpaired) electrons. The van der Waals surface area contributed by atoms with Crippen LogP contribution in [0.25, 0.3) is 0 Å². The van der Waals surface area contributed by atoms with Gasteiger partial charge >= 0.3 is 6.61 Å². The lowest BCUT2D eigenvalue weighted by molar-refractivity contribution is -0.0505. The molecule has 0 aliphatic heterocycles. The van der Waals surface area contributed by atoms with Gasteiger partial charge in [-0.15, -0.1) is 0 Å². The van der Waals surface area contributed by atoms with Crippen LogP contribution in [-0.4, -0.2) is 26.2 Å². The van der Waals surface area contributed by atoms with Crippen LogP contribution in [0.4, 0.5) is 8.78 Å². The van der Waals surface area contributed by atoms with Crippen molar-refractivity contribution in [3.05, 3.63) is 59.2 Å². The first-order chi connectivity index (χ1) is 14.0. The minimum atomic E-state index is -2.93. The van der Waals surface area contributed by atoms with E-state index in [0.717, 1.165) is 12.0 Å². The topological polar surface area (TPSA) is 78.7 Å². The Hall–Kier alpha value is -3.34. The second-order valence-electron chi connectivity index (χ2n) is 6.09. The minimum absolute atomic E-state index is 0.0540. The molecule has 154 valence electrons. The standard InChI is InChI=1S/C21H24F2N4O2/c1-3-9-28-18-8-7-17(19(11-18)29-20(22)23)14-27-21(25-2)26-13-16-6-4-5-15(10-16)12-24/h4-8,10-11,20H,3,9,13-14H2,1-2H3,(H2,25,26,27). The number of alkyl halides is 2. The van der Waals surface area contributed by atoms with Gasteiger partial charge in [0.15, 0.2) is 5.96 Å². The minimum Gasteiger partial charge on any atom is -0.493 e. The fourth-order valence-corrected chi connectivity index (χ4v) is 2.53. The van der Waals surface area contributed by atoms with Crippen LogP contribution >= 0.6 is 0 Å². The Morgan fingerprint density at radius 3 is 2.66 bits per heavy atom. The van der Waals surface area contributed by atoms with Gasteiger partial charge in [-0.3, -0.25) is 4.99 Å². The van der Waals surface area contributed by atoms with Crippen molar-refractivity contribution in [1.29, 1.82) is 5.26 Å². The first-order valence-corrected chi connectivity index (χ1v) is 9.19. The molecule has 8 heteroatoms. The molecule has 0 atom stereocenters. The Bertz CT molecular complexity index is 866. The third-order valence-electron chi connectivity index (χ3n) is 3.91. The summed E-state index contributed by atoms with van der Waals surface area (Å²) in [4.78, 5) is 4.13. The molecule has 0 unspecified atom stereocenters. The summed E-state index contributed by atoms with van der Waals surface area (Å²) in [5.74, 6) is 1.02. The maximum absolute atomic E-state index is 12.8. The monoisotopic (exact) mass is 402 g/mol. The fraction of sp³-hybridized carbons (Fsp3) is 0.333. The average molecular weight is 402 g/mol. The van der Waals surface area contributed by atoms with Crippen LogP contribution in [0.3, 0.4) is 0 Å². The van der Waals surface area contributed by atoms with Crippen LogP contribution in [0.5, 0.6) is 11.5 Å². The van der Waals surface area contributed by atoms with Crippen LogP contribution in [0.2, 0.25) is 0 Å². The number of hydrogen-bond acceptors (Lipinski definition) is 4. The predicted molar refractivity (Wildman–Crippen MR) is 107 cm³/mol. The number of nitrogens with one attached hydrogen (secondary N) is 2. The average Bonchev–Trinajstić information content (AvgIpc) is 2.73. The maximum Gasteiger partial charge on any atom is 0.387 e. The lowest BCUT2D eigenvalue weighted by Crippen LogP contribution is -2.36. The molecule has 2 aromatic carbocycles. The normalized spacial score (nSPS) is 11.1. The van der Waals surface area contributed by atoms with Gasteiger partial charge in [-0.1, -0.05) is 19.1 Å². The van der Waals surface area contributed by atoms with Crippen LogP contribution in [0, 0.1) is 11.3 Å². The summed E-state index contributed by atoms with van der Waals surface area (Å²) in [5, 5.41) is 15.2. The molecule has 0 spiro atoms. The molecular formula is C21H24F2N4O2. The summed E-state index contributed by atoms with van der Waals surface area (Å²) in [6, 6.07) is 14.2. The highest BCUT2D eigenvalue weighted by molar-refractivity contribution is 5.79. The van der Waals surface area contributed by atoms with Gasteiger partial charge in [0.2, 0.25) is 0 Å². The van der Waals surface area contributed by atoms with Crippen LogP contribution in [0.15, 0.2) is 47.5 Å². The third-order valence-corrected chi connectivity index (χ3v) is 3.91. The Labute approximate surface area is 169 Å². The zero-order valence-electron chi connectivity index (χ0n) is 16.4. The summed E-state index contributed by atoms with van der Waals surface area (Å²) in [7, 11) is 1.61. The van der Waals surface area contributed by atoms with Crippen LogP contribution < -0.4 is 20.1 Å². The second-order valence-corrected chi connectivity index (χ2v) is 6.09. The Morgan fingerprint density at radius 2 is 1.97 bits per heavy atom. The van der Waals surface area contributed by atoms with E-state index in [0.29, 0.717) is 36.0 Å². The quantitative estimate of drug-likeness (QED) is 0.493. The molecule has 0 aromatic heterocycles. The van der Waals surface area contributed by atoms with Gasteiger partial charge in [0.1, 0.15) is 11.5 Å². The van der Waals surface area contributed by atoms with Crippen molar-refractivity contribution in [3.8, 4) is 17.6 Å². The van der Waals surface area contributed by atoms with Crippen molar-refractivity contribution in [1.82, 2.24) is 10.6 Å². The lowest BCUT2D eigenvalue weighted by Gasteiger charge is -2.16. The fourth-order valence-electron chi connectivity index (χ4n) is 2.53. The number of guanidine groups is 1. The summed E-state index contributed by atoms with van der Waals surface area (Å²) in [5.41, 5.74) is 2.04. The molecule has 2 N–H and O–H groups in total. The molecule has 29 heavy (non-hydrogen) atoms. The molecule has 0 amide bonds. The van der Waals surface area contributed by atoms with E-state index in [9.17, 15) is 8.78 Å². The lowest BCUT2D eigenvalue weighted by atomic mass is 10.1. The molecule has 0 saturated carbocycles. The highest BCUT2D eigenvalue weighted by Gasteiger charge is 2.12. The first kappa shape index (κ1) is 22.0. The molecular weight excluding hydrogens is 378 g/mol. The van der Waals surface area contributed by atoms with Crippen molar-refractivity contribution >= 4 is 5.96 Å². The van der Waals surface area contributed by atoms with E-state index < -0.39 is 6.61 Å². The zero-order chi connectivity index (χ0) is 21.1. The highest BCUT2D eigenvalue weighted by Crippen LogP contribution is 2.26. The van der Waals surface area contributed by atoms with Crippen molar-refractivity contribution in [2.75, 3.05) is 13.7 Å². The highest BCUT2D eigenvalue weighted by atomic mass is 19.3. The largest absolute Gasteiger partial charge is 0.493 e. The van der Waals surface area contributed by atoms with E-state index in [1.807, 2.05) is 19.1 Å². The van der Waals surface area contributed by atoms with Gasteiger partial charge in [-0.05, 0) is 36.2 Å². The van der Waals surface area contributed by atoms with Gasteiger partial charge in [0.05, 0.1) is 18.2 Å². The molecule has 0 aliphatic rings. The maximum atomic E-state index is 12.8. The van der Waals surface area contributed by atoms with Gasteiger partial charge < -0.3 is 20.1 Å². The van der Waals surface area contributed by atoms with E-state index in [2.05, 4.69) is 26.4 Å². The van der Waals surface area contributed by atoms with E-state index in [-0.39, 0.29) is 12.3 Å². The molecule has 2 aromatic rings. The molecule has 0 aliphatic carbocycles. The molecule has 0 bridgehead atoms. The molecule has 6 nitrogen and oxygen atoms in total. The van der Waals surface area contributed by atoms with Gasteiger partial charge in [-0.25, -0.2) is 0 Å². The summed E-state index contributed by atoms with van der Waals surface area (Å²) >= 11 is 0. The number of nitrogens with zero attached hydrogens (tertiary/aromatic N) is 2. The molecule has 2 rings (SSSR count). The number of benzene rings is 2. The molecule has 0 fully saturated rings. The number of ether oxygens (including phenoxy) is 2. The van der Waals surface area contributed by atoms with E-state index in [1.54, 1.807) is 31.3 Å². The van der Waals surface area contributed by atoms with Crippen molar-refractivity contribution in [2.45, 2.75) is 33.0 Å². The van der Waals surface area contributed by atoms with Gasteiger partial charge in [0, 0.05) is 31.8 Å². The predicted octanol–water partition coefficient (Wildman–Crippen LogP) is 3.81. The summed E-state index contributed by atoms with van der Waals surface area (Å²) < 4.78 is 35.7. The van der Waals surface area contributed by atoms with Crippen LogP contribution in [-0.2, 0) is 13.1 Å². The first-order valence-electron chi connectivity index (χ1n) is 9.19. The van der Waals surface area contributed by atoms with Crippen molar-refractivity contribution in [2.24, 2.45) is 4.99 Å². The number of nitriles is 1. The zero-order valence-corrected chi connectivity index (χ0v) is 16.4. The number of aliphatic imine (C=N–C) groups is 1. The molecule has 0 saturated heterocycles. The number of halogens is 2. The van der Waals surface area contributed by atoms with Crippen molar-refractivity contribution < 1.29 is 18.3 Å². The third kappa shape index (κ3) is 7.30. The Balaban J connectivity index is 2.00. The van der Waals surface area contributed by atoms with E-state index in [1.165, 1.54) is 6.07 Å². The second kappa shape index (κ2) is 11.5. The molecule has 0 heterocycles. The van der Waals surface area contributed by atoms with Crippen molar-refractivity contribution in [3.63, 3.8) is 0 Å². The summed E-state index contributed by atoms with van der Waals surface area (Å²) in [6.07, 6.45) is 0.813. The SMILES string of the molecule is CCCOc1ccc(CNC(=NC)NCc2cccc(C#N)c2)c(OC(F)F)c1. The van der Waals surface area contributed by atoms with Gasteiger partial charge in [-0.2, -0.15) is 14.0 Å². The smallest absolute Gasteiger partial charge is 0.387 e. The van der Waals surface area contributed by atoms with Gasteiger partial charge in [0.25, 0.3) is 0 Å². The van der Waals surface area contributed by atoms with E-state index in [4.69, 9.17) is 10.00 Å².